The molecule has 2 atom stereocenters. The molecule has 0 spiro atoms. The lowest BCUT2D eigenvalue weighted by Crippen LogP contribution is -2.36. The number of esters is 1. The van der Waals surface area contributed by atoms with E-state index in [-0.39, 0.29) is 6.42 Å². The number of carbonyl (C=O) groups excluding carboxylic acids is 2. The molecule has 16 heavy (non-hydrogen) atoms. The van der Waals surface area contributed by atoms with Crippen molar-refractivity contribution in [2.24, 2.45) is 5.92 Å². The normalized spacial score (nSPS) is 24.4. The van der Waals surface area contributed by atoms with Crippen LogP contribution in [0.25, 0.3) is 0 Å². The van der Waals surface area contributed by atoms with E-state index in [1.165, 1.54) is 12.8 Å². The Hall–Kier alpha value is -1.06. The van der Waals surface area contributed by atoms with Crippen molar-refractivity contribution >= 4 is 11.9 Å². The highest BCUT2D eigenvalue weighted by Crippen LogP contribution is 2.26. The van der Waals surface area contributed by atoms with Crippen molar-refractivity contribution in [2.45, 2.75) is 58.0 Å². The van der Waals surface area contributed by atoms with Gasteiger partial charge < -0.3 is 14.6 Å². The van der Waals surface area contributed by atoms with Gasteiger partial charge in [0, 0.05) is 11.9 Å². The predicted molar refractivity (Wildman–Crippen MR) is 56.4 cm³/mol. The fraction of sp³-hybridized carbons (Fsp3) is 0.833. The summed E-state index contributed by atoms with van der Waals surface area (Å²) >= 11 is 0. The van der Waals surface area contributed by atoms with Gasteiger partial charge in [0.25, 0.3) is 0 Å². The highest BCUT2D eigenvalue weighted by atomic mass is 16.6. The average molecular weight is 227 g/mol. The van der Waals surface area contributed by atoms with Gasteiger partial charge >= 0.3 is 5.97 Å². The average Bonchev–Trinajstić information content (AvgIpc) is 2.59. The number of carboxylic acids is 1. The Kier molecular flexibility index (Phi) is 5.29. The van der Waals surface area contributed by atoms with E-state index < -0.39 is 24.0 Å². The fourth-order valence-electron chi connectivity index (χ4n) is 2.05. The van der Waals surface area contributed by atoms with Crippen molar-refractivity contribution in [1.29, 1.82) is 0 Å². The molecular formula is C12H19O4-. The number of aliphatic carboxylic acids is 1. The molecule has 0 aromatic rings. The van der Waals surface area contributed by atoms with Crippen LogP contribution in [0.3, 0.4) is 0 Å². The standard InChI is InChI=1S/C12H20O4/c1-2-3-4-5-6-7-10-9(12(14)15)8-11(13)16-10/h9-10H,2-8H2,1H3,(H,14,15)/p-1/t9-,10-/m1/s1. The van der Waals surface area contributed by atoms with Gasteiger partial charge in [-0.3, -0.25) is 4.79 Å². The number of hydrogen-bond acceptors (Lipinski definition) is 4. The van der Waals surface area contributed by atoms with E-state index in [0.29, 0.717) is 6.42 Å². The molecule has 0 amide bonds. The van der Waals surface area contributed by atoms with E-state index in [9.17, 15) is 14.7 Å². The molecule has 1 aliphatic heterocycles. The van der Waals surface area contributed by atoms with Crippen LogP contribution in [0.2, 0.25) is 0 Å². The Morgan fingerprint density at radius 2 is 2.06 bits per heavy atom. The van der Waals surface area contributed by atoms with E-state index in [1.54, 1.807) is 0 Å². The summed E-state index contributed by atoms with van der Waals surface area (Å²) in [5.74, 6) is -2.31. The van der Waals surface area contributed by atoms with Crippen molar-refractivity contribution in [3.63, 3.8) is 0 Å². The van der Waals surface area contributed by atoms with E-state index >= 15 is 0 Å². The van der Waals surface area contributed by atoms with Crippen LogP contribution in [-0.4, -0.2) is 18.0 Å². The summed E-state index contributed by atoms with van der Waals surface area (Å²) in [6, 6.07) is 0. The molecule has 0 bridgehead atoms. The number of hydrogen-bond donors (Lipinski definition) is 0. The molecular weight excluding hydrogens is 208 g/mol. The van der Waals surface area contributed by atoms with E-state index in [4.69, 9.17) is 4.74 Å². The molecule has 0 aromatic carbocycles. The quantitative estimate of drug-likeness (QED) is 0.481. The molecule has 1 fully saturated rings. The fourth-order valence-corrected chi connectivity index (χ4v) is 2.05. The summed E-state index contributed by atoms with van der Waals surface area (Å²) in [7, 11) is 0. The van der Waals surface area contributed by atoms with Crippen molar-refractivity contribution in [2.75, 3.05) is 0 Å². The van der Waals surface area contributed by atoms with Gasteiger partial charge in [0.2, 0.25) is 0 Å². The third kappa shape index (κ3) is 3.83. The third-order valence-corrected chi connectivity index (χ3v) is 3.01. The summed E-state index contributed by atoms with van der Waals surface area (Å²) in [6.45, 7) is 2.14. The zero-order chi connectivity index (χ0) is 12.0. The smallest absolute Gasteiger partial charge is 0.306 e. The maximum atomic E-state index is 11.0. The molecule has 0 radical (unpaired) electrons. The Bertz CT molecular complexity index is 249. The van der Waals surface area contributed by atoms with Gasteiger partial charge in [0.1, 0.15) is 6.10 Å². The molecule has 92 valence electrons. The highest BCUT2D eigenvalue weighted by molar-refractivity contribution is 5.81. The minimum absolute atomic E-state index is 0.0258. The van der Waals surface area contributed by atoms with Crippen LogP contribution in [-0.2, 0) is 14.3 Å². The first-order chi connectivity index (χ1) is 7.65. The monoisotopic (exact) mass is 227 g/mol. The zero-order valence-electron chi connectivity index (χ0n) is 9.74. The van der Waals surface area contributed by atoms with Gasteiger partial charge in [0.15, 0.2) is 0 Å². The minimum Gasteiger partial charge on any atom is -0.550 e. The van der Waals surface area contributed by atoms with Crippen LogP contribution in [0.4, 0.5) is 0 Å². The Morgan fingerprint density at radius 1 is 1.38 bits per heavy atom. The topological polar surface area (TPSA) is 66.4 Å². The largest absolute Gasteiger partial charge is 0.550 e. The molecule has 1 rings (SSSR count). The highest BCUT2D eigenvalue weighted by Gasteiger charge is 2.34. The lowest BCUT2D eigenvalue weighted by Gasteiger charge is -2.17. The number of unbranched alkanes of at least 4 members (excludes halogenated alkanes) is 4. The first-order valence-electron chi connectivity index (χ1n) is 6.05. The van der Waals surface area contributed by atoms with Crippen LogP contribution in [0.5, 0.6) is 0 Å². The number of rotatable bonds is 7. The molecule has 0 unspecified atom stereocenters. The SMILES string of the molecule is CCCCCCC[C@H]1OC(=O)C[C@H]1C(=O)[O-]. The Balaban J connectivity index is 2.24. The van der Waals surface area contributed by atoms with Gasteiger partial charge in [-0.2, -0.15) is 0 Å². The van der Waals surface area contributed by atoms with Crippen molar-refractivity contribution < 1.29 is 19.4 Å². The number of carboxylic acid groups (broad SMARTS) is 1. The molecule has 4 nitrogen and oxygen atoms in total. The minimum atomic E-state index is -1.16. The van der Waals surface area contributed by atoms with Gasteiger partial charge in [-0.05, 0) is 12.8 Å². The second kappa shape index (κ2) is 6.51. The van der Waals surface area contributed by atoms with Crippen LogP contribution < -0.4 is 5.11 Å². The zero-order valence-corrected chi connectivity index (χ0v) is 9.74. The van der Waals surface area contributed by atoms with E-state index in [1.807, 2.05) is 0 Å². The molecule has 1 heterocycles. The van der Waals surface area contributed by atoms with Gasteiger partial charge in [-0.25, -0.2) is 0 Å². The third-order valence-electron chi connectivity index (χ3n) is 3.01. The lowest BCUT2D eigenvalue weighted by atomic mass is 9.96. The van der Waals surface area contributed by atoms with Crippen LogP contribution >= 0.6 is 0 Å². The second-order valence-electron chi connectivity index (χ2n) is 4.36. The molecule has 0 aromatic heterocycles. The molecule has 1 aliphatic rings. The summed E-state index contributed by atoms with van der Waals surface area (Å²) in [5, 5.41) is 10.7. The molecule has 0 aliphatic carbocycles. The summed E-state index contributed by atoms with van der Waals surface area (Å²) < 4.78 is 4.98. The van der Waals surface area contributed by atoms with Gasteiger partial charge in [-0.1, -0.05) is 32.6 Å². The summed E-state index contributed by atoms with van der Waals surface area (Å²) in [4.78, 5) is 21.7. The second-order valence-corrected chi connectivity index (χ2v) is 4.36. The predicted octanol–water partition coefficient (Wildman–Crippen LogP) is 1.03. The van der Waals surface area contributed by atoms with Crippen LogP contribution in [0.15, 0.2) is 0 Å². The number of ether oxygens (including phenoxy) is 1. The molecule has 0 N–H and O–H groups in total. The van der Waals surface area contributed by atoms with Crippen molar-refractivity contribution in [3.05, 3.63) is 0 Å². The Labute approximate surface area is 96.0 Å². The van der Waals surface area contributed by atoms with Crippen molar-refractivity contribution in [3.8, 4) is 0 Å². The molecule has 4 heteroatoms. The first kappa shape index (κ1) is 13.0. The summed E-state index contributed by atoms with van der Waals surface area (Å²) in [5.41, 5.74) is 0. The number of cyclic esters (lactones) is 1. The van der Waals surface area contributed by atoms with Crippen molar-refractivity contribution in [1.82, 2.24) is 0 Å². The maximum Gasteiger partial charge on any atom is 0.306 e. The van der Waals surface area contributed by atoms with E-state index in [2.05, 4.69) is 6.92 Å². The summed E-state index contributed by atoms with van der Waals surface area (Å²) in [6.07, 6.45) is 5.69. The Morgan fingerprint density at radius 3 is 2.69 bits per heavy atom. The molecule has 0 saturated carbocycles. The van der Waals surface area contributed by atoms with Crippen LogP contribution in [0, 0.1) is 5.92 Å². The maximum absolute atomic E-state index is 11.0. The van der Waals surface area contributed by atoms with Gasteiger partial charge in [0.05, 0.1) is 6.42 Å². The van der Waals surface area contributed by atoms with Crippen LogP contribution in [0.1, 0.15) is 51.9 Å². The lowest BCUT2D eigenvalue weighted by molar-refractivity contribution is -0.312. The van der Waals surface area contributed by atoms with E-state index in [0.717, 1.165) is 19.3 Å². The number of carbonyl (C=O) groups is 2. The van der Waals surface area contributed by atoms with Gasteiger partial charge in [-0.15, -0.1) is 0 Å². The first-order valence-corrected chi connectivity index (χ1v) is 6.05. The molecule has 1 saturated heterocycles.